The van der Waals surface area contributed by atoms with Crippen LogP contribution in [0.4, 0.5) is 0 Å². The Kier molecular flexibility index (Phi) is 66.5. The molecule has 3 N–H and O–H groups in total. The molecule has 564 valence electrons. The van der Waals surface area contributed by atoms with Crippen molar-refractivity contribution in [2.75, 3.05) is 39.6 Å². The SMILES string of the molecule is CCCCCCCCCCCCCCCCCCCCCC(=O)O[C@H](COC(=O)CCCCCCCCCCCCCCCCC(C)C)COP(=O)(O)OC[C@@H](O)COP(=O)(O)OC[C@@H](COC(=O)CCCCCCCCCCC)OC(=O)CCCCCCCCCC(C)C. The monoisotopic (exact) mass is 1400 g/mol. The summed E-state index contributed by atoms with van der Waals surface area (Å²) in [6, 6.07) is 0. The summed E-state index contributed by atoms with van der Waals surface area (Å²) < 4.78 is 68.4. The zero-order valence-corrected chi connectivity index (χ0v) is 63.8. The number of carbonyl (C=O) groups is 4. The van der Waals surface area contributed by atoms with Gasteiger partial charge in [-0.1, -0.05) is 343 Å². The van der Waals surface area contributed by atoms with E-state index in [4.69, 9.17) is 37.0 Å². The van der Waals surface area contributed by atoms with Crippen LogP contribution in [0.1, 0.15) is 395 Å². The molecule has 17 nitrogen and oxygen atoms in total. The molecule has 0 aromatic heterocycles. The van der Waals surface area contributed by atoms with Crippen LogP contribution in [0.3, 0.4) is 0 Å². The molecule has 0 amide bonds. The predicted octanol–water partition coefficient (Wildman–Crippen LogP) is 22.3. The second-order valence-electron chi connectivity index (χ2n) is 28.3. The van der Waals surface area contributed by atoms with E-state index in [9.17, 15) is 43.2 Å². The van der Waals surface area contributed by atoms with Crippen molar-refractivity contribution in [1.29, 1.82) is 0 Å². The number of hydrogen-bond donors (Lipinski definition) is 3. The van der Waals surface area contributed by atoms with E-state index in [1.807, 2.05) is 0 Å². The highest BCUT2D eigenvalue weighted by Gasteiger charge is 2.30. The number of carbonyl (C=O) groups excluding carboxylic acids is 4. The minimum Gasteiger partial charge on any atom is -0.462 e. The number of aliphatic hydroxyl groups is 1. The van der Waals surface area contributed by atoms with Gasteiger partial charge in [-0.05, 0) is 37.5 Å². The summed E-state index contributed by atoms with van der Waals surface area (Å²) in [6.07, 6.45) is 55.7. The first kappa shape index (κ1) is 93.1. The zero-order valence-electron chi connectivity index (χ0n) is 62.0. The summed E-state index contributed by atoms with van der Waals surface area (Å²) in [6.45, 7) is 9.54. The van der Waals surface area contributed by atoms with Crippen LogP contribution in [0, 0.1) is 11.8 Å². The molecule has 95 heavy (non-hydrogen) atoms. The molecular formula is C76H148O17P2. The number of aliphatic hydroxyl groups excluding tert-OH is 1. The number of unbranched alkanes of at least 4 members (excludes halogenated alkanes) is 45. The van der Waals surface area contributed by atoms with Crippen LogP contribution in [0.15, 0.2) is 0 Å². The Labute approximate surface area is 581 Å². The van der Waals surface area contributed by atoms with Gasteiger partial charge in [0.15, 0.2) is 12.2 Å². The third-order valence-electron chi connectivity index (χ3n) is 17.7. The van der Waals surface area contributed by atoms with Crippen molar-refractivity contribution in [2.24, 2.45) is 11.8 Å². The molecule has 0 rings (SSSR count). The van der Waals surface area contributed by atoms with Crippen LogP contribution >= 0.6 is 15.6 Å². The molecule has 19 heteroatoms. The maximum Gasteiger partial charge on any atom is 0.472 e. The van der Waals surface area contributed by atoms with Gasteiger partial charge in [-0.15, -0.1) is 0 Å². The Balaban J connectivity index is 5.20. The summed E-state index contributed by atoms with van der Waals surface area (Å²) in [5, 5.41) is 10.6. The van der Waals surface area contributed by atoms with Crippen molar-refractivity contribution in [3.05, 3.63) is 0 Å². The summed E-state index contributed by atoms with van der Waals surface area (Å²) in [5.74, 6) is -0.624. The average Bonchev–Trinajstić information content (AvgIpc) is 1.50. The Hall–Kier alpha value is -1.94. The fourth-order valence-electron chi connectivity index (χ4n) is 11.7. The van der Waals surface area contributed by atoms with Crippen LogP contribution in [-0.4, -0.2) is 96.7 Å². The number of hydrogen-bond acceptors (Lipinski definition) is 15. The number of rotatable bonds is 75. The van der Waals surface area contributed by atoms with E-state index in [1.54, 1.807) is 0 Å². The van der Waals surface area contributed by atoms with Crippen LogP contribution in [-0.2, 0) is 65.4 Å². The molecule has 5 atom stereocenters. The molecular weight excluding hydrogens is 1250 g/mol. The minimum atomic E-state index is -4.96. The number of ether oxygens (including phenoxy) is 4. The lowest BCUT2D eigenvalue weighted by atomic mass is 10.0. The lowest BCUT2D eigenvalue weighted by molar-refractivity contribution is -0.161. The largest absolute Gasteiger partial charge is 0.472 e. The van der Waals surface area contributed by atoms with Gasteiger partial charge >= 0.3 is 39.5 Å². The second kappa shape index (κ2) is 67.9. The third-order valence-corrected chi connectivity index (χ3v) is 19.6. The van der Waals surface area contributed by atoms with Gasteiger partial charge in [-0.2, -0.15) is 0 Å². The first-order chi connectivity index (χ1) is 45.9. The van der Waals surface area contributed by atoms with E-state index in [0.717, 1.165) is 95.8 Å². The van der Waals surface area contributed by atoms with E-state index in [2.05, 4.69) is 41.5 Å². The smallest absolute Gasteiger partial charge is 0.462 e. The maximum absolute atomic E-state index is 13.1. The number of phosphoric ester groups is 2. The fraction of sp³-hybridized carbons (Fsp3) is 0.947. The van der Waals surface area contributed by atoms with Gasteiger partial charge in [0.05, 0.1) is 26.4 Å². The van der Waals surface area contributed by atoms with Crippen LogP contribution in [0.5, 0.6) is 0 Å². The minimum absolute atomic E-state index is 0.104. The van der Waals surface area contributed by atoms with E-state index >= 15 is 0 Å². The van der Waals surface area contributed by atoms with Gasteiger partial charge in [0, 0.05) is 25.7 Å². The summed E-state index contributed by atoms with van der Waals surface area (Å²) >= 11 is 0. The van der Waals surface area contributed by atoms with E-state index in [-0.39, 0.29) is 25.7 Å². The predicted molar refractivity (Wildman–Crippen MR) is 386 cm³/mol. The first-order valence-corrected chi connectivity index (χ1v) is 42.5. The number of esters is 4. The van der Waals surface area contributed by atoms with E-state index in [1.165, 1.54) is 212 Å². The molecule has 0 saturated carbocycles. The topological polar surface area (TPSA) is 237 Å². The van der Waals surface area contributed by atoms with Gasteiger partial charge < -0.3 is 33.8 Å². The highest BCUT2D eigenvalue weighted by molar-refractivity contribution is 7.47. The second-order valence-corrected chi connectivity index (χ2v) is 31.3. The Bertz CT molecular complexity index is 1840. The van der Waals surface area contributed by atoms with Crippen molar-refractivity contribution in [1.82, 2.24) is 0 Å². The molecule has 0 aromatic rings. The van der Waals surface area contributed by atoms with Crippen molar-refractivity contribution < 1.29 is 80.2 Å². The van der Waals surface area contributed by atoms with Crippen molar-refractivity contribution in [3.8, 4) is 0 Å². The molecule has 0 radical (unpaired) electrons. The molecule has 0 aromatic carbocycles. The average molecular weight is 1400 g/mol. The van der Waals surface area contributed by atoms with Crippen molar-refractivity contribution in [3.63, 3.8) is 0 Å². The molecule has 0 aliphatic carbocycles. The molecule has 0 saturated heterocycles. The Morgan fingerprint density at radius 2 is 0.484 bits per heavy atom. The normalized spacial score (nSPS) is 14.0. The van der Waals surface area contributed by atoms with Crippen molar-refractivity contribution in [2.45, 2.75) is 413 Å². The molecule has 2 unspecified atom stereocenters. The van der Waals surface area contributed by atoms with Gasteiger partial charge in [0.25, 0.3) is 0 Å². The van der Waals surface area contributed by atoms with Gasteiger partial charge in [0.2, 0.25) is 0 Å². The third kappa shape index (κ3) is 70.3. The zero-order chi connectivity index (χ0) is 70.0. The van der Waals surface area contributed by atoms with Gasteiger partial charge in [0.1, 0.15) is 19.3 Å². The van der Waals surface area contributed by atoms with Crippen LogP contribution in [0.25, 0.3) is 0 Å². The number of phosphoric acid groups is 2. The standard InChI is InChI=1S/C76H148O17P2/c1-7-9-11-13-15-17-18-19-20-21-22-23-24-29-32-36-42-48-54-60-75(80)92-71(64-87-74(79)59-53-47-41-35-31-28-26-25-27-30-34-38-44-50-56-68(3)4)66-90-94(82,83)88-62-70(77)63-89-95(84,85)91-67-72(65-86-73(78)58-52-46-40-33-16-14-12-10-8-2)93-76(81)61-55-49-43-37-39-45-51-57-69(5)6/h68-72,77H,7-67H2,1-6H3,(H,82,83)(H,84,85)/t70-,71-,72-/m1/s1. The Morgan fingerprint density at radius 3 is 0.716 bits per heavy atom. The van der Waals surface area contributed by atoms with Crippen LogP contribution < -0.4 is 0 Å². The molecule has 0 bridgehead atoms. The van der Waals surface area contributed by atoms with Gasteiger partial charge in [-0.3, -0.25) is 37.3 Å². The first-order valence-electron chi connectivity index (χ1n) is 39.5. The quantitative estimate of drug-likeness (QED) is 0.0222. The summed E-state index contributed by atoms with van der Waals surface area (Å²) in [5.41, 5.74) is 0. The highest BCUT2D eigenvalue weighted by Crippen LogP contribution is 2.45. The highest BCUT2D eigenvalue weighted by atomic mass is 31.2. The maximum atomic E-state index is 13.1. The fourth-order valence-corrected chi connectivity index (χ4v) is 13.2. The van der Waals surface area contributed by atoms with Gasteiger partial charge in [-0.25, -0.2) is 9.13 Å². The summed E-state index contributed by atoms with van der Waals surface area (Å²) in [7, 11) is -9.91. The van der Waals surface area contributed by atoms with E-state index in [0.29, 0.717) is 31.6 Å². The molecule has 0 heterocycles. The van der Waals surface area contributed by atoms with Crippen LogP contribution in [0.2, 0.25) is 0 Å². The molecule has 0 spiro atoms. The lowest BCUT2D eigenvalue weighted by Crippen LogP contribution is -2.30. The van der Waals surface area contributed by atoms with E-state index < -0.39 is 97.5 Å². The summed E-state index contributed by atoms with van der Waals surface area (Å²) in [4.78, 5) is 72.7. The molecule has 0 fully saturated rings. The molecule has 0 aliphatic heterocycles. The Morgan fingerprint density at radius 1 is 0.284 bits per heavy atom. The molecule has 0 aliphatic rings. The van der Waals surface area contributed by atoms with Crippen molar-refractivity contribution >= 4 is 39.5 Å². The lowest BCUT2D eigenvalue weighted by Gasteiger charge is -2.21.